The molecule has 1 atom stereocenters. The van der Waals surface area contributed by atoms with Crippen molar-refractivity contribution in [2.45, 2.75) is 25.8 Å². The first-order valence-electron chi connectivity index (χ1n) is 6.86. The number of rotatable bonds is 7. The van der Waals surface area contributed by atoms with Crippen LogP contribution in [0, 0.1) is 5.92 Å². The Morgan fingerprint density at radius 3 is 2.50 bits per heavy atom. The number of nitrogens with zero attached hydrogens (tertiary/aromatic N) is 2. The molecule has 0 aliphatic carbocycles. The quantitative estimate of drug-likeness (QED) is 0.688. The van der Waals surface area contributed by atoms with Gasteiger partial charge in [0.1, 0.15) is 6.04 Å². The molecule has 1 rings (SSSR count). The predicted octanol–water partition coefficient (Wildman–Crippen LogP) is 0.323. The van der Waals surface area contributed by atoms with Gasteiger partial charge in [0.15, 0.2) is 0 Å². The van der Waals surface area contributed by atoms with E-state index in [1.165, 1.54) is 12.8 Å². The number of hydrogen-bond acceptors (Lipinski definition) is 4. The third-order valence-electron chi connectivity index (χ3n) is 3.52. The van der Waals surface area contributed by atoms with E-state index < -0.39 is 12.0 Å². The van der Waals surface area contributed by atoms with Gasteiger partial charge in [0.25, 0.3) is 0 Å². The van der Waals surface area contributed by atoms with Gasteiger partial charge in [-0.15, -0.1) is 0 Å². The van der Waals surface area contributed by atoms with Crippen LogP contribution in [-0.4, -0.2) is 73.7 Å². The van der Waals surface area contributed by atoms with Crippen molar-refractivity contribution in [2.24, 2.45) is 5.92 Å². The summed E-state index contributed by atoms with van der Waals surface area (Å²) in [6, 6.07) is -0.430. The van der Waals surface area contributed by atoms with Gasteiger partial charge in [-0.1, -0.05) is 6.92 Å². The first-order valence-corrected chi connectivity index (χ1v) is 6.86. The summed E-state index contributed by atoms with van der Waals surface area (Å²) in [5.41, 5.74) is 0. The van der Waals surface area contributed by atoms with Crippen LogP contribution in [0.5, 0.6) is 0 Å². The highest BCUT2D eigenvalue weighted by Crippen LogP contribution is 2.17. The third kappa shape index (κ3) is 5.33. The molecule has 5 heteroatoms. The lowest BCUT2D eigenvalue weighted by Gasteiger charge is -2.34. The van der Waals surface area contributed by atoms with Gasteiger partial charge in [-0.3, -0.25) is 4.79 Å². The van der Waals surface area contributed by atoms with Crippen LogP contribution in [0.2, 0.25) is 0 Å². The highest BCUT2D eigenvalue weighted by molar-refractivity contribution is 5.73. The Morgan fingerprint density at radius 1 is 1.44 bits per heavy atom. The number of carboxylic acids is 1. The van der Waals surface area contributed by atoms with Crippen molar-refractivity contribution in [3.8, 4) is 0 Å². The molecule has 1 heterocycles. The van der Waals surface area contributed by atoms with Gasteiger partial charge in [0.05, 0.1) is 0 Å². The zero-order chi connectivity index (χ0) is 13.5. The fourth-order valence-electron chi connectivity index (χ4n) is 2.60. The average molecular weight is 257 g/mol. The maximum atomic E-state index is 11.1. The van der Waals surface area contributed by atoms with E-state index in [1.807, 2.05) is 6.92 Å². The lowest BCUT2D eigenvalue weighted by Crippen LogP contribution is -2.48. The van der Waals surface area contributed by atoms with Crippen LogP contribution in [0.3, 0.4) is 0 Å². The molecule has 1 saturated heterocycles. The van der Waals surface area contributed by atoms with Crippen LogP contribution in [0.1, 0.15) is 19.8 Å². The standard InChI is InChI=1S/C13H27N3O2/c1-4-14-12(13(17)18)10-16-7-5-11(6-8-16)9-15(2)3/h11-12,14H,4-10H2,1-3H3,(H,17,18). The first-order chi connectivity index (χ1) is 8.52. The molecule has 0 radical (unpaired) electrons. The Balaban J connectivity index is 2.31. The summed E-state index contributed by atoms with van der Waals surface area (Å²) in [7, 11) is 4.22. The Morgan fingerprint density at radius 2 is 2.06 bits per heavy atom. The van der Waals surface area contributed by atoms with Crippen LogP contribution in [0.25, 0.3) is 0 Å². The number of nitrogens with one attached hydrogen (secondary N) is 1. The number of hydrogen-bond donors (Lipinski definition) is 2. The Bertz CT molecular complexity index is 251. The van der Waals surface area contributed by atoms with Crippen molar-refractivity contribution in [3.05, 3.63) is 0 Å². The van der Waals surface area contributed by atoms with Crippen LogP contribution >= 0.6 is 0 Å². The van der Waals surface area contributed by atoms with E-state index in [0.717, 1.165) is 25.6 Å². The van der Waals surface area contributed by atoms with E-state index in [-0.39, 0.29) is 0 Å². The second-order valence-electron chi connectivity index (χ2n) is 5.45. The minimum atomic E-state index is -0.743. The van der Waals surface area contributed by atoms with Gasteiger partial charge < -0.3 is 20.2 Å². The van der Waals surface area contributed by atoms with Gasteiger partial charge in [-0.05, 0) is 52.5 Å². The van der Waals surface area contributed by atoms with E-state index in [4.69, 9.17) is 5.11 Å². The van der Waals surface area contributed by atoms with Crippen LogP contribution in [0.4, 0.5) is 0 Å². The molecular weight excluding hydrogens is 230 g/mol. The van der Waals surface area contributed by atoms with Crippen molar-refractivity contribution in [1.82, 2.24) is 15.1 Å². The fourth-order valence-corrected chi connectivity index (χ4v) is 2.60. The topological polar surface area (TPSA) is 55.8 Å². The van der Waals surface area contributed by atoms with E-state index in [2.05, 4.69) is 29.2 Å². The zero-order valence-electron chi connectivity index (χ0n) is 11.9. The van der Waals surface area contributed by atoms with Gasteiger partial charge >= 0.3 is 5.97 Å². The number of aliphatic carboxylic acids is 1. The van der Waals surface area contributed by atoms with Gasteiger partial charge in [-0.2, -0.15) is 0 Å². The van der Waals surface area contributed by atoms with E-state index in [0.29, 0.717) is 13.1 Å². The Kier molecular flexibility index (Phi) is 6.60. The summed E-state index contributed by atoms with van der Waals surface area (Å²) >= 11 is 0. The van der Waals surface area contributed by atoms with E-state index >= 15 is 0 Å². The third-order valence-corrected chi connectivity index (χ3v) is 3.52. The van der Waals surface area contributed by atoms with Crippen molar-refractivity contribution in [3.63, 3.8) is 0 Å². The molecular formula is C13H27N3O2. The highest BCUT2D eigenvalue weighted by atomic mass is 16.4. The fraction of sp³-hybridized carbons (Fsp3) is 0.923. The predicted molar refractivity (Wildman–Crippen MR) is 72.8 cm³/mol. The minimum absolute atomic E-state index is 0.430. The lowest BCUT2D eigenvalue weighted by molar-refractivity contribution is -0.140. The molecule has 1 aliphatic heterocycles. The molecule has 0 aromatic heterocycles. The van der Waals surface area contributed by atoms with Crippen LogP contribution in [0.15, 0.2) is 0 Å². The molecule has 0 saturated carbocycles. The van der Waals surface area contributed by atoms with Crippen LogP contribution < -0.4 is 5.32 Å². The summed E-state index contributed by atoms with van der Waals surface area (Å²) in [6.45, 7) is 6.45. The largest absolute Gasteiger partial charge is 0.480 e. The molecule has 0 bridgehead atoms. The summed E-state index contributed by atoms with van der Waals surface area (Å²) in [5.74, 6) is 0.0194. The number of likely N-dealkylation sites (N-methyl/N-ethyl adjacent to an activating group) is 1. The van der Waals surface area contributed by atoms with Crippen molar-refractivity contribution >= 4 is 5.97 Å². The van der Waals surface area contributed by atoms with Gasteiger partial charge in [-0.25, -0.2) is 0 Å². The number of piperidine rings is 1. The van der Waals surface area contributed by atoms with Gasteiger partial charge in [0.2, 0.25) is 0 Å². The molecule has 1 unspecified atom stereocenters. The molecule has 1 aliphatic rings. The van der Waals surface area contributed by atoms with E-state index in [1.54, 1.807) is 0 Å². The zero-order valence-corrected chi connectivity index (χ0v) is 11.9. The molecule has 0 aromatic carbocycles. The SMILES string of the molecule is CCNC(CN1CCC(CN(C)C)CC1)C(=O)O. The maximum Gasteiger partial charge on any atom is 0.322 e. The second-order valence-corrected chi connectivity index (χ2v) is 5.45. The minimum Gasteiger partial charge on any atom is -0.480 e. The Hall–Kier alpha value is -0.650. The molecule has 18 heavy (non-hydrogen) atoms. The summed E-state index contributed by atoms with van der Waals surface area (Å²) in [6.07, 6.45) is 2.35. The van der Waals surface area contributed by atoms with Crippen molar-refractivity contribution in [2.75, 3.05) is 46.8 Å². The molecule has 1 fully saturated rings. The monoisotopic (exact) mass is 257 g/mol. The molecule has 5 nitrogen and oxygen atoms in total. The smallest absolute Gasteiger partial charge is 0.322 e. The molecule has 0 aromatic rings. The van der Waals surface area contributed by atoms with E-state index in [9.17, 15) is 4.79 Å². The number of carbonyl (C=O) groups is 1. The molecule has 0 spiro atoms. The number of likely N-dealkylation sites (tertiary alicyclic amines) is 1. The van der Waals surface area contributed by atoms with Gasteiger partial charge in [0, 0.05) is 13.1 Å². The normalized spacial score (nSPS) is 20.2. The second kappa shape index (κ2) is 7.71. The summed E-state index contributed by atoms with van der Waals surface area (Å²) in [5, 5.41) is 12.1. The highest BCUT2D eigenvalue weighted by Gasteiger charge is 2.24. The first kappa shape index (κ1) is 15.4. The number of carboxylic acid groups (broad SMARTS) is 1. The molecule has 2 N–H and O–H groups in total. The average Bonchev–Trinajstić information content (AvgIpc) is 2.30. The molecule has 0 amide bonds. The summed E-state index contributed by atoms with van der Waals surface area (Å²) in [4.78, 5) is 15.6. The van der Waals surface area contributed by atoms with Crippen molar-refractivity contribution < 1.29 is 9.90 Å². The maximum absolute atomic E-state index is 11.1. The lowest BCUT2D eigenvalue weighted by atomic mass is 9.96. The summed E-state index contributed by atoms with van der Waals surface area (Å²) < 4.78 is 0. The van der Waals surface area contributed by atoms with Crippen molar-refractivity contribution in [1.29, 1.82) is 0 Å². The Labute approximate surface area is 110 Å². The van der Waals surface area contributed by atoms with Crippen LogP contribution in [-0.2, 0) is 4.79 Å². The molecule has 106 valence electrons.